The fourth-order valence-corrected chi connectivity index (χ4v) is 8.69. The molecular weight excluding hydrogens is 673 g/mol. The lowest BCUT2D eigenvalue weighted by atomic mass is 9.89. The van der Waals surface area contributed by atoms with Gasteiger partial charge in [-0.1, -0.05) is 58.3 Å². The molecule has 50 heavy (non-hydrogen) atoms. The predicted molar refractivity (Wildman–Crippen MR) is 203 cm³/mol. The zero-order valence-electron chi connectivity index (χ0n) is 28.8. The molecule has 0 radical (unpaired) electrons. The molecule has 1 heterocycles. The molecule has 9 nitrogen and oxygen atoms in total. The molecule has 0 aliphatic carbocycles. The van der Waals surface area contributed by atoms with E-state index in [1.165, 1.54) is 14.0 Å². The van der Waals surface area contributed by atoms with E-state index in [1.54, 1.807) is 46.8 Å². The maximum Gasteiger partial charge on any atom is 0.168 e. The number of benzene rings is 4. The fourth-order valence-electron chi connectivity index (χ4n) is 6.43. The van der Waals surface area contributed by atoms with E-state index in [-0.39, 0.29) is 55.2 Å². The molecule has 0 amide bonds. The number of hydrogen-bond acceptors (Lipinski definition) is 11. The number of phenolic OH excluding ortho intramolecular Hbond substituents is 2. The molecule has 1 aliphatic rings. The number of aromatic hydroxyl groups is 2. The Kier molecular flexibility index (Phi) is 13.5. The molecule has 0 fully saturated rings. The molecule has 11 heteroatoms. The highest BCUT2D eigenvalue weighted by molar-refractivity contribution is 8.76. The van der Waals surface area contributed by atoms with E-state index in [0.29, 0.717) is 35.6 Å². The minimum absolute atomic E-state index is 0.00331. The van der Waals surface area contributed by atoms with E-state index in [0.717, 1.165) is 57.2 Å². The fraction of sp³-hybridized carbons (Fsp3) is 0.385. The second-order valence-corrected chi connectivity index (χ2v) is 15.1. The Labute approximate surface area is 301 Å². The topological polar surface area (TPSA) is 137 Å². The summed E-state index contributed by atoms with van der Waals surface area (Å²) in [6, 6.07) is 18.5. The summed E-state index contributed by atoms with van der Waals surface area (Å²) in [4.78, 5) is 25.2. The molecule has 0 unspecified atom stereocenters. The first-order valence-electron chi connectivity index (χ1n) is 16.9. The van der Waals surface area contributed by atoms with Gasteiger partial charge in [0.1, 0.15) is 23.5 Å². The maximum atomic E-state index is 13.7. The van der Waals surface area contributed by atoms with E-state index in [4.69, 9.17) is 9.47 Å². The number of aryl methyl sites for hydroxylation is 1. The minimum Gasteiger partial charge on any atom is -0.508 e. The Morgan fingerprint density at radius 2 is 1.84 bits per heavy atom. The van der Waals surface area contributed by atoms with E-state index in [1.807, 2.05) is 42.5 Å². The molecule has 0 bridgehead atoms. The number of fused-ring (bicyclic) bond motifs is 5. The van der Waals surface area contributed by atoms with Crippen LogP contribution in [0.1, 0.15) is 67.5 Å². The number of Topliss-reactive ketones (excluding diaryl/α,β-unsaturated/α-hetero) is 2. The minimum atomic E-state index is -0.505. The summed E-state index contributed by atoms with van der Waals surface area (Å²) in [6.45, 7) is 1.48. The first-order chi connectivity index (χ1) is 24.2. The van der Waals surface area contributed by atoms with Gasteiger partial charge in [0.25, 0.3) is 0 Å². The first-order valence-corrected chi connectivity index (χ1v) is 19.4. The number of carbonyl (C=O) groups excluding carboxylic acids is 2. The van der Waals surface area contributed by atoms with E-state index >= 15 is 0 Å². The van der Waals surface area contributed by atoms with Gasteiger partial charge in [-0.05, 0) is 96.6 Å². The Balaban J connectivity index is 1.43. The molecule has 266 valence electrons. The number of carbonyl (C=O) groups is 2. The summed E-state index contributed by atoms with van der Waals surface area (Å²) in [5.41, 5.74) is 5.75. The van der Waals surface area contributed by atoms with Crippen LogP contribution in [-0.4, -0.2) is 59.4 Å². The number of hydrogen-bond donors (Lipinski definition) is 5. The van der Waals surface area contributed by atoms with Gasteiger partial charge in [-0.2, -0.15) is 0 Å². The van der Waals surface area contributed by atoms with Crippen LogP contribution in [0.5, 0.6) is 17.2 Å². The van der Waals surface area contributed by atoms with Gasteiger partial charge in [-0.15, -0.1) is 0 Å². The van der Waals surface area contributed by atoms with Crippen molar-refractivity contribution in [3.8, 4) is 28.4 Å². The smallest absolute Gasteiger partial charge is 0.168 e. The standard InChI is InChI=1S/C39H46N2O7S2/c1-24(43)21-41-35-15-10-27(18-28(35)22-42)39(40-2)48-31-6-4-5-17-49-50-23-34-32(14-9-25-7-12-30(45)20-33(25)34)37-26(8-13-29(44)19-31)11-16-36(46)38(37)47-3/h7,9-12,14-16,18,20,31,39-42,45-46H,4-6,8,13,17,19,21-23H2,1-3H3/t31-,39-/m1/s1. The van der Waals surface area contributed by atoms with Gasteiger partial charge < -0.3 is 30.1 Å². The molecule has 4 aromatic carbocycles. The largest absolute Gasteiger partial charge is 0.508 e. The van der Waals surface area contributed by atoms with Gasteiger partial charge in [0.2, 0.25) is 0 Å². The third-order valence-electron chi connectivity index (χ3n) is 8.95. The third-order valence-corrected chi connectivity index (χ3v) is 11.3. The highest BCUT2D eigenvalue weighted by atomic mass is 33.1. The van der Waals surface area contributed by atoms with Gasteiger partial charge in [0, 0.05) is 41.2 Å². The van der Waals surface area contributed by atoms with Crippen LogP contribution in [0.15, 0.2) is 60.7 Å². The van der Waals surface area contributed by atoms with Crippen LogP contribution in [0.3, 0.4) is 0 Å². The first kappa shape index (κ1) is 37.5. The van der Waals surface area contributed by atoms with Gasteiger partial charge in [-0.25, -0.2) is 0 Å². The molecular formula is C39H46N2O7S2. The van der Waals surface area contributed by atoms with Crippen molar-refractivity contribution in [2.24, 2.45) is 0 Å². The summed E-state index contributed by atoms with van der Waals surface area (Å²) >= 11 is 0. The van der Waals surface area contributed by atoms with Crippen molar-refractivity contribution in [1.82, 2.24) is 5.32 Å². The zero-order chi connectivity index (χ0) is 35.6. The van der Waals surface area contributed by atoms with Gasteiger partial charge in [-0.3, -0.25) is 14.9 Å². The number of ketones is 2. The van der Waals surface area contributed by atoms with E-state index < -0.39 is 6.23 Å². The Hall–Kier alpha value is -3.74. The predicted octanol–water partition coefficient (Wildman–Crippen LogP) is 7.68. The molecule has 0 saturated carbocycles. The molecule has 0 aromatic heterocycles. The quantitative estimate of drug-likeness (QED) is 0.0861. The lowest BCUT2D eigenvalue weighted by molar-refractivity contribution is -0.124. The molecule has 0 saturated heterocycles. The number of phenols is 2. The second-order valence-electron chi connectivity index (χ2n) is 12.5. The average Bonchev–Trinajstić information content (AvgIpc) is 3.11. The number of anilines is 1. The Bertz CT molecular complexity index is 1820. The van der Waals surface area contributed by atoms with Crippen LogP contribution in [0, 0.1) is 0 Å². The number of rotatable bonds is 9. The summed E-state index contributed by atoms with van der Waals surface area (Å²) in [7, 11) is 6.89. The van der Waals surface area contributed by atoms with E-state index in [9.17, 15) is 24.9 Å². The lowest BCUT2D eigenvalue weighted by Gasteiger charge is -2.26. The van der Waals surface area contributed by atoms with Crippen LogP contribution in [0.25, 0.3) is 21.9 Å². The zero-order valence-corrected chi connectivity index (χ0v) is 30.4. The van der Waals surface area contributed by atoms with Gasteiger partial charge in [0.15, 0.2) is 11.5 Å². The van der Waals surface area contributed by atoms with Crippen molar-refractivity contribution in [3.63, 3.8) is 0 Å². The van der Waals surface area contributed by atoms with Crippen LogP contribution >= 0.6 is 21.6 Å². The normalized spacial score (nSPS) is 16.7. The highest BCUT2D eigenvalue weighted by Gasteiger charge is 2.24. The molecule has 1 aliphatic heterocycles. The van der Waals surface area contributed by atoms with Crippen molar-refractivity contribution < 1.29 is 34.4 Å². The third kappa shape index (κ3) is 9.32. The summed E-state index contributed by atoms with van der Waals surface area (Å²) in [5.74, 6) is 2.23. The molecule has 5 rings (SSSR count). The monoisotopic (exact) mass is 718 g/mol. The Morgan fingerprint density at radius 3 is 2.60 bits per heavy atom. The van der Waals surface area contributed by atoms with Crippen molar-refractivity contribution in [3.05, 3.63) is 82.9 Å². The molecule has 4 aromatic rings. The number of nitrogens with one attached hydrogen (secondary N) is 2. The molecule has 2 atom stereocenters. The van der Waals surface area contributed by atoms with Gasteiger partial charge in [0.05, 0.1) is 26.4 Å². The lowest BCUT2D eigenvalue weighted by Crippen LogP contribution is -2.28. The maximum absolute atomic E-state index is 13.7. The van der Waals surface area contributed by atoms with Crippen LogP contribution in [0.2, 0.25) is 0 Å². The summed E-state index contributed by atoms with van der Waals surface area (Å²) in [5, 5.41) is 39.6. The summed E-state index contributed by atoms with van der Waals surface area (Å²) in [6.07, 6.45) is 2.70. The second kappa shape index (κ2) is 18.0. The number of aliphatic hydroxyl groups excluding tert-OH is 1. The molecule has 0 spiro atoms. The summed E-state index contributed by atoms with van der Waals surface area (Å²) < 4.78 is 12.4. The van der Waals surface area contributed by atoms with Crippen molar-refractivity contribution >= 4 is 49.6 Å². The van der Waals surface area contributed by atoms with Gasteiger partial charge >= 0.3 is 0 Å². The average molecular weight is 719 g/mol. The molecule has 5 N–H and O–H groups in total. The van der Waals surface area contributed by atoms with E-state index in [2.05, 4.69) is 10.6 Å². The number of aliphatic hydroxyl groups is 1. The van der Waals surface area contributed by atoms with Crippen LogP contribution in [-0.2, 0) is 33.1 Å². The van der Waals surface area contributed by atoms with Crippen LogP contribution < -0.4 is 15.4 Å². The van der Waals surface area contributed by atoms with Crippen LogP contribution in [0.4, 0.5) is 5.69 Å². The Morgan fingerprint density at radius 1 is 1.02 bits per heavy atom. The number of ether oxygens (including phenoxy) is 2. The SMILES string of the molecule is CN[C@H](O[C@@H]1CCCCSSCc2c(ccc3ccc(O)cc23)-c2c(ccc(O)c2OC)CCC(=O)C1)c1ccc(NCC(C)=O)c(CO)c1. The van der Waals surface area contributed by atoms with Crippen molar-refractivity contribution in [1.29, 1.82) is 0 Å². The number of methoxy groups -OCH3 is 1. The highest BCUT2D eigenvalue weighted by Crippen LogP contribution is 2.45. The van der Waals surface area contributed by atoms with Crippen molar-refractivity contribution in [2.75, 3.05) is 31.8 Å². The van der Waals surface area contributed by atoms with Crippen molar-refractivity contribution in [2.45, 2.75) is 70.1 Å².